The normalized spacial score (nSPS) is 10.5. The van der Waals surface area contributed by atoms with Gasteiger partial charge in [0.2, 0.25) is 0 Å². The second-order valence-electron chi connectivity index (χ2n) is 5.61. The molecule has 0 saturated carbocycles. The molecule has 0 fully saturated rings. The lowest BCUT2D eigenvalue weighted by Crippen LogP contribution is -2.27. The van der Waals surface area contributed by atoms with Gasteiger partial charge in [0.15, 0.2) is 0 Å². The Morgan fingerprint density at radius 3 is 2.54 bits per heavy atom. The number of nitrogens with zero attached hydrogens (tertiary/aromatic N) is 1. The molecule has 24 heavy (non-hydrogen) atoms. The number of nitrogens with one attached hydrogen (secondary N) is 2. The Kier molecular flexibility index (Phi) is 5.57. The predicted octanol–water partition coefficient (Wildman–Crippen LogP) is 3.00. The zero-order valence-corrected chi connectivity index (χ0v) is 13.3. The number of aromatic nitrogens is 1. The summed E-state index contributed by atoms with van der Waals surface area (Å²) in [6.07, 6.45) is 1.32. The van der Waals surface area contributed by atoms with E-state index < -0.39 is 17.5 Å². The SMILES string of the molecule is CC(C)CNC(=O)c1ccnc(C(=O)Nc2ccc(F)cc2F)c1. The number of amides is 2. The first kappa shape index (κ1) is 17.5. The van der Waals surface area contributed by atoms with Gasteiger partial charge in [0, 0.05) is 24.4 Å². The summed E-state index contributed by atoms with van der Waals surface area (Å²) in [6.45, 7) is 4.43. The van der Waals surface area contributed by atoms with E-state index in [1.165, 1.54) is 18.3 Å². The molecule has 2 amide bonds. The van der Waals surface area contributed by atoms with E-state index in [-0.39, 0.29) is 22.9 Å². The fourth-order valence-electron chi connectivity index (χ4n) is 1.87. The number of halogens is 2. The van der Waals surface area contributed by atoms with Crippen molar-refractivity contribution < 1.29 is 18.4 Å². The highest BCUT2D eigenvalue weighted by Crippen LogP contribution is 2.16. The monoisotopic (exact) mass is 333 g/mol. The minimum Gasteiger partial charge on any atom is -0.352 e. The van der Waals surface area contributed by atoms with Crippen molar-refractivity contribution in [3.63, 3.8) is 0 Å². The van der Waals surface area contributed by atoms with Crippen molar-refractivity contribution in [2.75, 3.05) is 11.9 Å². The van der Waals surface area contributed by atoms with Gasteiger partial charge in [-0.05, 0) is 30.2 Å². The van der Waals surface area contributed by atoms with E-state index in [0.29, 0.717) is 18.5 Å². The van der Waals surface area contributed by atoms with Crippen LogP contribution in [0.5, 0.6) is 0 Å². The molecule has 0 atom stereocenters. The number of anilines is 1. The van der Waals surface area contributed by atoms with Gasteiger partial charge in [-0.2, -0.15) is 0 Å². The van der Waals surface area contributed by atoms with Gasteiger partial charge in [0.05, 0.1) is 5.69 Å². The summed E-state index contributed by atoms with van der Waals surface area (Å²) >= 11 is 0. The van der Waals surface area contributed by atoms with E-state index in [9.17, 15) is 18.4 Å². The maximum atomic E-state index is 13.6. The van der Waals surface area contributed by atoms with Gasteiger partial charge in [-0.25, -0.2) is 8.78 Å². The fourth-order valence-corrected chi connectivity index (χ4v) is 1.87. The van der Waals surface area contributed by atoms with Crippen LogP contribution in [0.15, 0.2) is 36.5 Å². The molecule has 0 bridgehead atoms. The summed E-state index contributed by atoms with van der Waals surface area (Å²) < 4.78 is 26.4. The fraction of sp³-hybridized carbons (Fsp3) is 0.235. The summed E-state index contributed by atoms with van der Waals surface area (Å²) in [4.78, 5) is 28.0. The average Bonchev–Trinajstić information content (AvgIpc) is 2.55. The molecule has 0 saturated heterocycles. The molecule has 0 aliphatic rings. The van der Waals surface area contributed by atoms with Gasteiger partial charge < -0.3 is 10.6 Å². The van der Waals surface area contributed by atoms with E-state index in [1.54, 1.807) is 0 Å². The van der Waals surface area contributed by atoms with Crippen LogP contribution in [0.3, 0.4) is 0 Å². The summed E-state index contributed by atoms with van der Waals surface area (Å²) in [7, 11) is 0. The Hall–Kier alpha value is -2.83. The number of rotatable bonds is 5. The van der Waals surface area contributed by atoms with Gasteiger partial charge in [-0.1, -0.05) is 13.8 Å². The standard InChI is InChI=1S/C17H17F2N3O2/c1-10(2)9-21-16(23)11-5-6-20-15(7-11)17(24)22-14-4-3-12(18)8-13(14)19/h3-8,10H,9H2,1-2H3,(H,21,23)(H,22,24). The molecule has 126 valence electrons. The molecule has 7 heteroatoms. The molecular weight excluding hydrogens is 316 g/mol. The molecule has 0 spiro atoms. The van der Waals surface area contributed by atoms with Crippen molar-refractivity contribution in [3.8, 4) is 0 Å². The second-order valence-corrected chi connectivity index (χ2v) is 5.61. The first-order chi connectivity index (χ1) is 11.4. The van der Waals surface area contributed by atoms with E-state index in [0.717, 1.165) is 12.1 Å². The molecule has 0 aliphatic carbocycles. The third-order valence-corrected chi connectivity index (χ3v) is 3.10. The first-order valence-electron chi connectivity index (χ1n) is 7.37. The van der Waals surface area contributed by atoms with Crippen LogP contribution in [0.4, 0.5) is 14.5 Å². The highest BCUT2D eigenvalue weighted by molar-refractivity contribution is 6.04. The zero-order chi connectivity index (χ0) is 17.7. The lowest BCUT2D eigenvalue weighted by atomic mass is 10.2. The van der Waals surface area contributed by atoms with Crippen molar-refractivity contribution >= 4 is 17.5 Å². The highest BCUT2D eigenvalue weighted by Gasteiger charge is 2.14. The average molecular weight is 333 g/mol. The molecule has 0 aliphatic heterocycles. The maximum Gasteiger partial charge on any atom is 0.274 e. The molecule has 1 aromatic heterocycles. The summed E-state index contributed by atoms with van der Waals surface area (Å²) in [5.41, 5.74) is 0.0594. The Bertz CT molecular complexity index is 763. The van der Waals surface area contributed by atoms with Gasteiger partial charge in [-0.3, -0.25) is 14.6 Å². The molecule has 5 nitrogen and oxygen atoms in total. The van der Waals surface area contributed by atoms with Crippen molar-refractivity contribution in [2.45, 2.75) is 13.8 Å². The van der Waals surface area contributed by atoms with Crippen LogP contribution in [-0.4, -0.2) is 23.3 Å². The van der Waals surface area contributed by atoms with Crippen LogP contribution in [0.2, 0.25) is 0 Å². The van der Waals surface area contributed by atoms with Crippen LogP contribution in [0.1, 0.15) is 34.7 Å². The Balaban J connectivity index is 2.12. The molecule has 2 rings (SSSR count). The first-order valence-corrected chi connectivity index (χ1v) is 7.37. The Labute approximate surface area is 138 Å². The molecule has 0 unspecified atom stereocenters. The molecule has 0 radical (unpaired) electrons. The number of carbonyl (C=O) groups is 2. The predicted molar refractivity (Wildman–Crippen MR) is 85.7 cm³/mol. The van der Waals surface area contributed by atoms with Crippen LogP contribution in [0, 0.1) is 17.6 Å². The van der Waals surface area contributed by atoms with Gasteiger partial charge in [-0.15, -0.1) is 0 Å². The Morgan fingerprint density at radius 1 is 1.12 bits per heavy atom. The van der Waals surface area contributed by atoms with Crippen LogP contribution >= 0.6 is 0 Å². The number of hydrogen-bond donors (Lipinski definition) is 2. The molecule has 2 aromatic rings. The summed E-state index contributed by atoms with van der Waals surface area (Å²) in [5.74, 6) is -2.37. The third kappa shape index (κ3) is 4.58. The van der Waals surface area contributed by atoms with E-state index in [1.807, 2.05) is 13.8 Å². The topological polar surface area (TPSA) is 71.1 Å². The lowest BCUT2D eigenvalue weighted by Gasteiger charge is -2.09. The van der Waals surface area contributed by atoms with Crippen LogP contribution < -0.4 is 10.6 Å². The molecule has 1 heterocycles. The molecular formula is C17H17F2N3O2. The van der Waals surface area contributed by atoms with Crippen molar-refractivity contribution in [1.82, 2.24) is 10.3 Å². The molecule has 2 N–H and O–H groups in total. The summed E-state index contributed by atoms with van der Waals surface area (Å²) in [5, 5.41) is 5.02. The van der Waals surface area contributed by atoms with Crippen LogP contribution in [-0.2, 0) is 0 Å². The summed E-state index contributed by atoms with van der Waals surface area (Å²) in [6, 6.07) is 5.60. The van der Waals surface area contributed by atoms with Crippen molar-refractivity contribution in [2.24, 2.45) is 5.92 Å². The zero-order valence-electron chi connectivity index (χ0n) is 13.3. The lowest BCUT2D eigenvalue weighted by molar-refractivity contribution is 0.0949. The number of pyridine rings is 1. The largest absolute Gasteiger partial charge is 0.352 e. The van der Waals surface area contributed by atoms with Crippen molar-refractivity contribution in [1.29, 1.82) is 0 Å². The smallest absolute Gasteiger partial charge is 0.274 e. The van der Waals surface area contributed by atoms with Crippen molar-refractivity contribution in [3.05, 3.63) is 59.4 Å². The number of hydrogen-bond acceptors (Lipinski definition) is 3. The second kappa shape index (κ2) is 7.63. The van der Waals surface area contributed by atoms with Gasteiger partial charge in [0.1, 0.15) is 17.3 Å². The molecule has 1 aromatic carbocycles. The van der Waals surface area contributed by atoms with Gasteiger partial charge >= 0.3 is 0 Å². The Morgan fingerprint density at radius 2 is 1.88 bits per heavy atom. The highest BCUT2D eigenvalue weighted by atomic mass is 19.1. The number of benzene rings is 1. The maximum absolute atomic E-state index is 13.6. The van der Waals surface area contributed by atoms with Crippen LogP contribution in [0.25, 0.3) is 0 Å². The van der Waals surface area contributed by atoms with E-state index in [2.05, 4.69) is 15.6 Å². The third-order valence-electron chi connectivity index (χ3n) is 3.10. The minimum atomic E-state index is -0.894. The minimum absolute atomic E-state index is 0.0454. The number of carbonyl (C=O) groups excluding carboxylic acids is 2. The van der Waals surface area contributed by atoms with E-state index in [4.69, 9.17) is 0 Å². The quantitative estimate of drug-likeness (QED) is 0.883. The van der Waals surface area contributed by atoms with Gasteiger partial charge in [0.25, 0.3) is 11.8 Å². The van der Waals surface area contributed by atoms with E-state index >= 15 is 0 Å².